The van der Waals surface area contributed by atoms with Crippen molar-refractivity contribution in [3.8, 4) is 5.75 Å². The molecule has 1 nitrogen and oxygen atoms in total. The van der Waals surface area contributed by atoms with Gasteiger partial charge in [0.2, 0.25) is 0 Å². The van der Waals surface area contributed by atoms with Crippen molar-refractivity contribution < 1.29 is 4.74 Å². The van der Waals surface area contributed by atoms with Crippen molar-refractivity contribution in [3.05, 3.63) is 39.8 Å². The number of hydrogen-bond acceptors (Lipinski definition) is 1. The highest BCUT2D eigenvalue weighted by Crippen LogP contribution is 2.26. The maximum absolute atomic E-state index is 5.58. The monoisotopic (exact) mass is 260 g/mol. The molecule has 0 aromatic heterocycles. The molecule has 0 N–H and O–H groups in total. The summed E-state index contributed by atoms with van der Waals surface area (Å²) in [6.45, 7) is 5.90. The summed E-state index contributed by atoms with van der Waals surface area (Å²) in [5.41, 5.74) is 1.18. The lowest BCUT2D eigenvalue weighted by Gasteiger charge is -2.07. The van der Waals surface area contributed by atoms with Crippen LogP contribution in [0.1, 0.15) is 5.56 Å². The summed E-state index contributed by atoms with van der Waals surface area (Å²) in [7, 11) is 0. The average Bonchev–Trinajstić information content (AvgIpc) is 2.02. The topological polar surface area (TPSA) is 9.23 Å². The minimum absolute atomic E-state index is 0.337. The Morgan fingerprint density at radius 2 is 2.31 bits per heavy atom. The number of benzene rings is 1. The molecule has 0 aliphatic heterocycles. The van der Waals surface area contributed by atoms with Gasteiger partial charge in [-0.15, -0.1) is 0 Å². The first-order valence-corrected chi connectivity index (χ1v) is 4.99. The van der Waals surface area contributed by atoms with E-state index in [2.05, 4.69) is 22.5 Å². The van der Waals surface area contributed by atoms with Crippen LogP contribution >= 0.6 is 27.5 Å². The van der Waals surface area contributed by atoms with Crippen LogP contribution in [0.25, 0.3) is 0 Å². The first kappa shape index (κ1) is 10.6. The van der Waals surface area contributed by atoms with E-state index in [0.29, 0.717) is 11.6 Å². The van der Waals surface area contributed by atoms with Crippen molar-refractivity contribution in [3.63, 3.8) is 0 Å². The molecule has 0 unspecified atom stereocenters. The molecule has 0 amide bonds. The van der Waals surface area contributed by atoms with Gasteiger partial charge in [0.1, 0.15) is 12.4 Å². The summed E-state index contributed by atoms with van der Waals surface area (Å²) >= 11 is 8.98. The van der Waals surface area contributed by atoms with Gasteiger partial charge in [0, 0.05) is 5.03 Å². The predicted molar refractivity (Wildman–Crippen MR) is 59.4 cm³/mol. The Hall–Kier alpha value is -0.470. The van der Waals surface area contributed by atoms with Crippen LogP contribution in [0.5, 0.6) is 5.75 Å². The van der Waals surface area contributed by atoms with Crippen LogP contribution in [0, 0.1) is 6.92 Å². The van der Waals surface area contributed by atoms with E-state index in [1.165, 1.54) is 5.56 Å². The van der Waals surface area contributed by atoms with Crippen LogP contribution in [0.3, 0.4) is 0 Å². The number of hydrogen-bond donors (Lipinski definition) is 0. The van der Waals surface area contributed by atoms with E-state index in [1.54, 1.807) is 0 Å². The number of aryl methyl sites for hydroxylation is 1. The van der Waals surface area contributed by atoms with Gasteiger partial charge in [0.25, 0.3) is 0 Å². The van der Waals surface area contributed by atoms with E-state index >= 15 is 0 Å². The van der Waals surface area contributed by atoms with Gasteiger partial charge in [-0.2, -0.15) is 0 Å². The van der Waals surface area contributed by atoms with E-state index in [-0.39, 0.29) is 0 Å². The van der Waals surface area contributed by atoms with Crippen molar-refractivity contribution in [2.24, 2.45) is 0 Å². The van der Waals surface area contributed by atoms with Gasteiger partial charge >= 0.3 is 0 Å². The smallest absolute Gasteiger partial charge is 0.134 e. The standard InChI is InChI=1S/C10H10BrClO/c1-7-3-4-10(9(11)5-7)13-6-8(2)12/h3-5H,2,6H2,1H3. The molecule has 0 radical (unpaired) electrons. The lowest BCUT2D eigenvalue weighted by Crippen LogP contribution is -1.96. The molecule has 0 aliphatic carbocycles. The highest BCUT2D eigenvalue weighted by Gasteiger charge is 2.00. The SMILES string of the molecule is C=C(Cl)COc1ccc(C)cc1Br. The Labute approximate surface area is 91.5 Å². The molecule has 0 atom stereocenters. The third kappa shape index (κ3) is 3.41. The lowest BCUT2D eigenvalue weighted by molar-refractivity contribution is 0.357. The average molecular weight is 262 g/mol. The van der Waals surface area contributed by atoms with Crippen molar-refractivity contribution >= 4 is 27.5 Å². The molecule has 70 valence electrons. The first-order valence-electron chi connectivity index (χ1n) is 3.82. The van der Waals surface area contributed by atoms with E-state index in [1.807, 2.05) is 25.1 Å². The first-order chi connectivity index (χ1) is 6.09. The van der Waals surface area contributed by atoms with Crippen molar-refractivity contribution in [1.82, 2.24) is 0 Å². The fourth-order valence-corrected chi connectivity index (χ4v) is 1.54. The van der Waals surface area contributed by atoms with Crippen molar-refractivity contribution in [2.45, 2.75) is 6.92 Å². The zero-order valence-electron chi connectivity index (χ0n) is 7.31. The molecule has 0 aliphatic rings. The summed E-state index contributed by atoms with van der Waals surface area (Å²) < 4.78 is 6.31. The van der Waals surface area contributed by atoms with Crippen molar-refractivity contribution in [1.29, 1.82) is 0 Å². The zero-order chi connectivity index (χ0) is 9.84. The fourth-order valence-electron chi connectivity index (χ4n) is 0.879. The number of halogens is 2. The summed E-state index contributed by atoms with van der Waals surface area (Å²) in [4.78, 5) is 0. The van der Waals surface area contributed by atoms with Gasteiger partial charge in [-0.1, -0.05) is 24.2 Å². The van der Waals surface area contributed by atoms with Gasteiger partial charge in [0.05, 0.1) is 4.47 Å². The molecule has 0 heterocycles. The Balaban J connectivity index is 2.72. The van der Waals surface area contributed by atoms with Crippen LogP contribution in [0.2, 0.25) is 0 Å². The van der Waals surface area contributed by atoms with E-state index in [0.717, 1.165) is 10.2 Å². The van der Waals surface area contributed by atoms with Gasteiger partial charge in [-0.25, -0.2) is 0 Å². The van der Waals surface area contributed by atoms with Crippen LogP contribution in [0.4, 0.5) is 0 Å². The highest BCUT2D eigenvalue weighted by atomic mass is 79.9. The molecular weight excluding hydrogens is 251 g/mol. The predicted octanol–water partition coefficient (Wildman–Crippen LogP) is 3.89. The van der Waals surface area contributed by atoms with E-state index in [9.17, 15) is 0 Å². The number of ether oxygens (including phenoxy) is 1. The maximum atomic E-state index is 5.58. The maximum Gasteiger partial charge on any atom is 0.134 e. The second kappa shape index (κ2) is 4.68. The second-order valence-corrected chi connectivity index (χ2v) is 4.13. The molecule has 3 heteroatoms. The Morgan fingerprint density at radius 3 is 2.85 bits per heavy atom. The number of rotatable bonds is 3. The summed E-state index contributed by atoms with van der Waals surface area (Å²) in [5, 5.41) is 0.493. The zero-order valence-corrected chi connectivity index (χ0v) is 9.65. The summed E-state index contributed by atoms with van der Waals surface area (Å²) in [5.74, 6) is 0.785. The van der Waals surface area contributed by atoms with Gasteiger partial charge < -0.3 is 4.74 Å². The fraction of sp³-hybridized carbons (Fsp3) is 0.200. The quantitative estimate of drug-likeness (QED) is 0.802. The Morgan fingerprint density at radius 1 is 1.62 bits per heavy atom. The van der Waals surface area contributed by atoms with Gasteiger partial charge in [0.15, 0.2) is 0 Å². The van der Waals surface area contributed by atoms with Crippen LogP contribution in [-0.4, -0.2) is 6.61 Å². The molecule has 0 spiro atoms. The summed E-state index contributed by atoms with van der Waals surface area (Å²) in [6, 6.07) is 5.88. The Kier molecular flexibility index (Phi) is 3.82. The molecule has 1 rings (SSSR count). The molecular formula is C10H10BrClO. The van der Waals surface area contributed by atoms with Crippen LogP contribution < -0.4 is 4.74 Å². The normalized spacial score (nSPS) is 9.77. The molecule has 0 fully saturated rings. The third-order valence-corrected chi connectivity index (χ3v) is 2.20. The van der Waals surface area contributed by atoms with Crippen molar-refractivity contribution in [2.75, 3.05) is 6.61 Å². The molecule has 1 aromatic carbocycles. The van der Waals surface area contributed by atoms with Crippen LogP contribution in [0.15, 0.2) is 34.3 Å². The van der Waals surface area contributed by atoms with Gasteiger partial charge in [-0.05, 0) is 40.5 Å². The summed E-state index contributed by atoms with van der Waals surface area (Å²) in [6.07, 6.45) is 0. The Bertz CT molecular complexity index is 323. The highest BCUT2D eigenvalue weighted by molar-refractivity contribution is 9.10. The van der Waals surface area contributed by atoms with Gasteiger partial charge in [-0.3, -0.25) is 0 Å². The second-order valence-electron chi connectivity index (χ2n) is 2.74. The minimum Gasteiger partial charge on any atom is -0.487 e. The molecule has 13 heavy (non-hydrogen) atoms. The molecule has 1 aromatic rings. The largest absolute Gasteiger partial charge is 0.487 e. The molecule has 0 saturated carbocycles. The van der Waals surface area contributed by atoms with E-state index in [4.69, 9.17) is 16.3 Å². The lowest BCUT2D eigenvalue weighted by atomic mass is 10.2. The molecule has 0 bridgehead atoms. The third-order valence-electron chi connectivity index (χ3n) is 1.47. The van der Waals surface area contributed by atoms with Crippen LogP contribution in [-0.2, 0) is 0 Å². The van der Waals surface area contributed by atoms with E-state index < -0.39 is 0 Å². The minimum atomic E-state index is 0.337. The molecule has 0 saturated heterocycles.